The maximum atomic E-state index is 13.3. The molecule has 0 unspecified atom stereocenters. The summed E-state index contributed by atoms with van der Waals surface area (Å²) in [5, 5.41) is 2.90. The van der Waals surface area contributed by atoms with Crippen molar-refractivity contribution < 1.29 is 18.0 Å². The van der Waals surface area contributed by atoms with Gasteiger partial charge >= 0.3 is 0 Å². The van der Waals surface area contributed by atoms with Crippen LogP contribution in [0.1, 0.15) is 33.3 Å². The third kappa shape index (κ3) is 7.67. The summed E-state index contributed by atoms with van der Waals surface area (Å²) < 4.78 is 25.9. The summed E-state index contributed by atoms with van der Waals surface area (Å²) >= 11 is 0. The molecule has 2 aromatic rings. The molecule has 8 heteroatoms. The number of nitrogens with one attached hydrogen (secondary N) is 1. The molecule has 32 heavy (non-hydrogen) atoms. The van der Waals surface area contributed by atoms with Crippen LogP contribution in [-0.4, -0.2) is 56.1 Å². The number of hydrogen-bond acceptors (Lipinski definition) is 4. The fraction of sp³-hybridized carbons (Fsp3) is 0.417. The number of nitrogens with zero attached hydrogens (tertiary/aromatic N) is 2. The smallest absolute Gasteiger partial charge is 0.244 e. The average Bonchev–Trinajstić information content (AvgIpc) is 2.71. The summed E-state index contributed by atoms with van der Waals surface area (Å²) in [7, 11) is -3.70. The van der Waals surface area contributed by atoms with Gasteiger partial charge in [0.15, 0.2) is 0 Å². The zero-order chi connectivity index (χ0) is 23.9. The number of sulfonamides is 1. The molecule has 1 N–H and O–H groups in total. The third-order valence-electron chi connectivity index (χ3n) is 4.87. The lowest BCUT2D eigenvalue weighted by atomic mass is 10.1. The van der Waals surface area contributed by atoms with Crippen molar-refractivity contribution in [2.75, 3.05) is 23.7 Å². The number of anilines is 1. The van der Waals surface area contributed by atoms with Crippen LogP contribution in [0.3, 0.4) is 0 Å². The van der Waals surface area contributed by atoms with E-state index in [2.05, 4.69) is 5.32 Å². The van der Waals surface area contributed by atoms with Crippen LogP contribution in [0.2, 0.25) is 0 Å². The summed E-state index contributed by atoms with van der Waals surface area (Å²) in [6.07, 6.45) is 1.61. The van der Waals surface area contributed by atoms with E-state index in [-0.39, 0.29) is 19.0 Å². The topological polar surface area (TPSA) is 86.8 Å². The van der Waals surface area contributed by atoms with E-state index in [1.54, 1.807) is 37.3 Å². The van der Waals surface area contributed by atoms with E-state index in [0.29, 0.717) is 12.1 Å². The molecule has 0 radical (unpaired) electrons. The van der Waals surface area contributed by atoms with Crippen molar-refractivity contribution in [3.8, 4) is 0 Å². The van der Waals surface area contributed by atoms with Gasteiger partial charge in [0.2, 0.25) is 21.8 Å². The van der Waals surface area contributed by atoms with E-state index in [4.69, 9.17) is 0 Å². The molecule has 0 saturated carbocycles. The Labute approximate surface area is 191 Å². The van der Waals surface area contributed by atoms with Crippen LogP contribution in [0.25, 0.3) is 0 Å². The van der Waals surface area contributed by atoms with Crippen LogP contribution in [0, 0.1) is 0 Å². The first kappa shape index (κ1) is 25.4. The second kappa shape index (κ2) is 10.6. The molecular formula is C24H33N3O4S. The number of benzene rings is 2. The molecule has 174 valence electrons. The van der Waals surface area contributed by atoms with Gasteiger partial charge in [0, 0.05) is 12.1 Å². The van der Waals surface area contributed by atoms with Crippen molar-refractivity contribution in [1.29, 1.82) is 0 Å². The minimum Gasteiger partial charge on any atom is -0.350 e. The van der Waals surface area contributed by atoms with Crippen LogP contribution in [-0.2, 0) is 26.0 Å². The Kier molecular flexibility index (Phi) is 8.44. The molecule has 0 aliphatic heterocycles. The van der Waals surface area contributed by atoms with E-state index >= 15 is 0 Å². The molecule has 2 amide bonds. The molecule has 1 atom stereocenters. The minimum absolute atomic E-state index is 0.286. The van der Waals surface area contributed by atoms with Gasteiger partial charge in [-0.05, 0) is 51.8 Å². The molecule has 0 spiro atoms. The molecule has 7 nitrogen and oxygen atoms in total. The SMILES string of the molecule is C[C@H](C(=O)NC(C)(C)C)N(CCc1ccccc1)C(=O)CN(c1ccccc1)S(C)(=O)=O. The monoisotopic (exact) mass is 459 g/mol. The van der Waals surface area contributed by atoms with Crippen molar-refractivity contribution in [3.05, 3.63) is 66.2 Å². The first-order valence-electron chi connectivity index (χ1n) is 10.6. The zero-order valence-electron chi connectivity index (χ0n) is 19.4. The summed E-state index contributed by atoms with van der Waals surface area (Å²) in [5.41, 5.74) is 0.970. The van der Waals surface area contributed by atoms with Gasteiger partial charge in [-0.2, -0.15) is 0 Å². The third-order valence-corrected chi connectivity index (χ3v) is 6.01. The van der Waals surface area contributed by atoms with E-state index in [9.17, 15) is 18.0 Å². The lowest BCUT2D eigenvalue weighted by molar-refractivity contribution is -0.139. The van der Waals surface area contributed by atoms with E-state index in [0.717, 1.165) is 16.1 Å². The van der Waals surface area contributed by atoms with E-state index in [1.165, 1.54) is 4.90 Å². The first-order chi connectivity index (χ1) is 14.9. The van der Waals surface area contributed by atoms with Gasteiger partial charge in [-0.25, -0.2) is 8.42 Å². The second-order valence-corrected chi connectivity index (χ2v) is 10.7. The standard InChI is InChI=1S/C24H33N3O4S/c1-19(23(29)25-24(2,3)4)26(17-16-20-12-8-6-9-13-20)22(28)18-27(32(5,30)31)21-14-10-7-11-15-21/h6-15,19H,16-18H2,1-5H3,(H,25,29)/t19-/m1/s1. The lowest BCUT2D eigenvalue weighted by Crippen LogP contribution is -2.55. The largest absolute Gasteiger partial charge is 0.350 e. The number of amides is 2. The van der Waals surface area contributed by atoms with Crippen molar-refractivity contribution in [2.24, 2.45) is 0 Å². The number of carbonyl (C=O) groups is 2. The normalized spacial score (nSPS) is 12.7. The van der Waals surface area contributed by atoms with Gasteiger partial charge in [-0.3, -0.25) is 13.9 Å². The predicted octanol–water partition coefficient (Wildman–Crippen LogP) is 2.83. The molecule has 0 fully saturated rings. The molecule has 0 aliphatic carbocycles. The number of rotatable bonds is 9. The molecule has 2 rings (SSSR count). The zero-order valence-corrected chi connectivity index (χ0v) is 20.2. The fourth-order valence-electron chi connectivity index (χ4n) is 3.25. The minimum atomic E-state index is -3.70. The summed E-state index contributed by atoms with van der Waals surface area (Å²) in [6, 6.07) is 17.4. The Hall–Kier alpha value is -2.87. The quantitative estimate of drug-likeness (QED) is 0.625. The van der Waals surface area contributed by atoms with Gasteiger partial charge in [0.1, 0.15) is 12.6 Å². The van der Waals surface area contributed by atoms with Crippen molar-refractivity contribution in [3.63, 3.8) is 0 Å². The van der Waals surface area contributed by atoms with E-state index in [1.807, 2.05) is 51.1 Å². The van der Waals surface area contributed by atoms with E-state index < -0.39 is 27.5 Å². The van der Waals surface area contributed by atoms with Crippen LogP contribution >= 0.6 is 0 Å². The highest BCUT2D eigenvalue weighted by Gasteiger charge is 2.30. The van der Waals surface area contributed by atoms with Gasteiger partial charge in [-0.15, -0.1) is 0 Å². The predicted molar refractivity (Wildman–Crippen MR) is 128 cm³/mol. The average molecular weight is 460 g/mol. The number of hydrogen-bond donors (Lipinski definition) is 1. The van der Waals surface area contributed by atoms with Gasteiger partial charge in [0.25, 0.3) is 0 Å². The number of carbonyl (C=O) groups excluding carboxylic acids is 2. The maximum absolute atomic E-state index is 13.3. The van der Waals surface area contributed by atoms with Gasteiger partial charge < -0.3 is 10.2 Å². The van der Waals surface area contributed by atoms with Gasteiger partial charge in [0.05, 0.1) is 11.9 Å². The van der Waals surface area contributed by atoms with Gasteiger partial charge in [-0.1, -0.05) is 48.5 Å². The van der Waals surface area contributed by atoms with Crippen molar-refractivity contribution in [2.45, 2.75) is 45.7 Å². The van der Waals surface area contributed by atoms with Crippen LogP contribution in [0.4, 0.5) is 5.69 Å². The number of para-hydroxylation sites is 1. The maximum Gasteiger partial charge on any atom is 0.244 e. The Bertz CT molecular complexity index is 1000. The summed E-state index contributed by atoms with van der Waals surface area (Å²) in [6.45, 7) is 7.17. The van der Waals surface area contributed by atoms with Crippen LogP contribution < -0.4 is 9.62 Å². The molecule has 2 aromatic carbocycles. The molecule has 0 saturated heterocycles. The second-order valence-electron chi connectivity index (χ2n) is 8.84. The first-order valence-corrected chi connectivity index (χ1v) is 12.4. The van der Waals surface area contributed by atoms with Crippen LogP contribution in [0.15, 0.2) is 60.7 Å². The Morgan fingerprint density at radius 1 is 0.969 bits per heavy atom. The van der Waals surface area contributed by atoms with Crippen LogP contribution in [0.5, 0.6) is 0 Å². The lowest BCUT2D eigenvalue weighted by Gasteiger charge is -2.33. The fourth-order valence-corrected chi connectivity index (χ4v) is 4.10. The summed E-state index contributed by atoms with van der Waals surface area (Å²) in [5.74, 6) is -0.726. The Morgan fingerprint density at radius 3 is 2.00 bits per heavy atom. The molecule has 0 heterocycles. The molecule has 0 bridgehead atoms. The highest BCUT2D eigenvalue weighted by Crippen LogP contribution is 2.18. The highest BCUT2D eigenvalue weighted by atomic mass is 32.2. The molecule has 0 aromatic heterocycles. The Morgan fingerprint density at radius 2 is 1.50 bits per heavy atom. The highest BCUT2D eigenvalue weighted by molar-refractivity contribution is 7.92. The van der Waals surface area contributed by atoms with Crippen molar-refractivity contribution >= 4 is 27.5 Å². The van der Waals surface area contributed by atoms with Crippen molar-refractivity contribution in [1.82, 2.24) is 10.2 Å². The Balaban J connectivity index is 2.29. The summed E-state index contributed by atoms with van der Waals surface area (Å²) in [4.78, 5) is 27.6. The molecular weight excluding hydrogens is 426 g/mol. The molecule has 0 aliphatic rings.